The van der Waals surface area contributed by atoms with E-state index >= 15 is 0 Å². The second-order valence-electron chi connectivity index (χ2n) is 8.92. The van der Waals surface area contributed by atoms with E-state index in [-0.39, 0.29) is 11.7 Å². The summed E-state index contributed by atoms with van der Waals surface area (Å²) in [4.78, 5) is 28.7. The summed E-state index contributed by atoms with van der Waals surface area (Å²) in [5.74, 6) is -0.242. The molecule has 5 heterocycles. The lowest BCUT2D eigenvalue weighted by Crippen LogP contribution is -2.57. The lowest BCUT2D eigenvalue weighted by atomic mass is 9.63. The van der Waals surface area contributed by atoms with Gasteiger partial charge in [0.05, 0.1) is 28.5 Å². The van der Waals surface area contributed by atoms with Gasteiger partial charge in [-0.05, 0) is 35.7 Å². The third kappa shape index (κ3) is 1.91. The van der Waals surface area contributed by atoms with Gasteiger partial charge in [0, 0.05) is 52.2 Å². The van der Waals surface area contributed by atoms with Gasteiger partial charge in [-0.1, -0.05) is 30.3 Å². The Morgan fingerprint density at radius 3 is 2.67 bits per heavy atom. The summed E-state index contributed by atoms with van der Waals surface area (Å²) in [6.45, 7) is 0.519. The summed E-state index contributed by atoms with van der Waals surface area (Å²) in [6.07, 6.45) is 3.67. The lowest BCUT2D eigenvalue weighted by Gasteiger charge is -2.50. The molecule has 0 saturated heterocycles. The van der Waals surface area contributed by atoms with Crippen LogP contribution in [0.3, 0.4) is 0 Å². The summed E-state index contributed by atoms with van der Waals surface area (Å²) >= 11 is 0. The van der Waals surface area contributed by atoms with Crippen LogP contribution < -0.4 is 10.6 Å². The Morgan fingerprint density at radius 1 is 0.848 bits per heavy atom. The Morgan fingerprint density at radius 2 is 1.70 bits per heavy atom. The maximum atomic E-state index is 13.9. The number of hydrogen-bond acceptors (Lipinski definition) is 6. The van der Waals surface area contributed by atoms with Crippen molar-refractivity contribution in [3.63, 3.8) is 0 Å². The third-order valence-electron chi connectivity index (χ3n) is 7.42. The topological polar surface area (TPSA) is 79.8 Å². The molecule has 0 bridgehead atoms. The van der Waals surface area contributed by atoms with E-state index in [0.29, 0.717) is 6.54 Å². The number of nitrogens with zero attached hydrogens (tertiary/aromatic N) is 3. The van der Waals surface area contributed by atoms with E-state index in [4.69, 9.17) is 15.0 Å². The molecule has 156 valence electrons. The van der Waals surface area contributed by atoms with Crippen LogP contribution in [0, 0.1) is 5.92 Å². The van der Waals surface area contributed by atoms with E-state index in [9.17, 15) is 4.79 Å². The predicted molar refractivity (Wildman–Crippen MR) is 127 cm³/mol. The Labute approximate surface area is 188 Å². The lowest BCUT2D eigenvalue weighted by molar-refractivity contribution is 0.0872. The van der Waals surface area contributed by atoms with Crippen LogP contribution in [-0.2, 0) is 5.54 Å². The van der Waals surface area contributed by atoms with Crippen LogP contribution in [0.15, 0.2) is 73.1 Å². The molecule has 33 heavy (non-hydrogen) atoms. The van der Waals surface area contributed by atoms with E-state index < -0.39 is 5.54 Å². The molecule has 0 radical (unpaired) electrons. The number of anilines is 2. The fourth-order valence-corrected chi connectivity index (χ4v) is 6.09. The zero-order chi connectivity index (χ0) is 21.7. The van der Waals surface area contributed by atoms with Crippen molar-refractivity contribution in [2.75, 3.05) is 17.2 Å². The molecule has 0 amide bonds. The van der Waals surface area contributed by atoms with Gasteiger partial charge >= 0.3 is 0 Å². The number of aromatic nitrogens is 3. The van der Waals surface area contributed by atoms with Crippen LogP contribution in [0.2, 0.25) is 0 Å². The molecule has 2 aromatic carbocycles. The van der Waals surface area contributed by atoms with E-state index in [1.54, 1.807) is 0 Å². The summed E-state index contributed by atoms with van der Waals surface area (Å²) in [5.41, 5.74) is 6.07. The average Bonchev–Trinajstić information content (AvgIpc) is 2.87. The van der Waals surface area contributed by atoms with Crippen LogP contribution in [-0.4, -0.2) is 27.3 Å². The van der Waals surface area contributed by atoms with Crippen LogP contribution >= 0.6 is 0 Å². The molecular formula is C27H17N5O. The first kappa shape index (κ1) is 17.3. The quantitative estimate of drug-likeness (QED) is 0.347. The van der Waals surface area contributed by atoms with Crippen molar-refractivity contribution in [1.82, 2.24) is 15.0 Å². The molecule has 8 rings (SSSR count). The molecule has 0 fully saturated rings. The predicted octanol–water partition coefficient (Wildman–Crippen LogP) is 4.75. The third-order valence-corrected chi connectivity index (χ3v) is 7.42. The standard InChI is InChI=1S/C27H17N5O/c33-25-16-6-2-4-8-19(16)32-27-17(25)13-30-20-10-12-28-24(22(20)27)23-21-15(9-11-29-26(21)27)14-5-1-3-7-18(14)31-23/h1-12,17,30,32H,13H2/t17-,27-/m0/s1. The van der Waals surface area contributed by atoms with Crippen molar-refractivity contribution >= 4 is 38.8 Å². The van der Waals surface area contributed by atoms with Gasteiger partial charge in [0.25, 0.3) is 0 Å². The molecular weight excluding hydrogens is 410 g/mol. The molecule has 0 saturated carbocycles. The Hall–Kier alpha value is -4.32. The normalized spacial score (nSPS) is 21.6. The second kappa shape index (κ2) is 5.72. The van der Waals surface area contributed by atoms with E-state index in [1.165, 1.54) is 0 Å². The van der Waals surface area contributed by atoms with Crippen LogP contribution in [0.25, 0.3) is 33.1 Å². The van der Waals surface area contributed by atoms with E-state index in [1.807, 2.05) is 67.0 Å². The number of rotatable bonds is 0. The first-order chi connectivity index (χ1) is 16.3. The first-order valence-electron chi connectivity index (χ1n) is 11.1. The second-order valence-corrected chi connectivity index (χ2v) is 8.92. The SMILES string of the molecule is O=C1c2ccccc2N[C@@]23c4c(ccnc4-c4nc5ccccc5c5ccnc2c45)NC[C@@H]13. The molecule has 0 unspecified atom stereocenters. The maximum Gasteiger partial charge on any atom is 0.172 e. The van der Waals surface area contributed by atoms with Crippen LogP contribution in [0.1, 0.15) is 21.6 Å². The van der Waals surface area contributed by atoms with Gasteiger partial charge < -0.3 is 10.6 Å². The van der Waals surface area contributed by atoms with Gasteiger partial charge in [-0.3, -0.25) is 14.8 Å². The molecule has 6 heteroatoms. The smallest absolute Gasteiger partial charge is 0.172 e. The first-order valence-corrected chi connectivity index (χ1v) is 11.1. The molecule has 2 aliphatic heterocycles. The maximum absolute atomic E-state index is 13.9. The molecule has 5 aromatic rings. The molecule has 1 aliphatic carbocycles. The summed E-state index contributed by atoms with van der Waals surface area (Å²) in [5, 5.41) is 10.4. The Balaban J connectivity index is 1.60. The van der Waals surface area contributed by atoms with Crippen molar-refractivity contribution in [3.8, 4) is 11.4 Å². The van der Waals surface area contributed by atoms with Gasteiger partial charge in [0.15, 0.2) is 5.78 Å². The number of benzene rings is 2. The molecule has 2 atom stereocenters. The highest BCUT2D eigenvalue weighted by atomic mass is 16.1. The van der Waals surface area contributed by atoms with Gasteiger partial charge in [0.2, 0.25) is 0 Å². The zero-order valence-corrected chi connectivity index (χ0v) is 17.5. The highest BCUT2D eigenvalue weighted by molar-refractivity contribution is 6.15. The number of ketones is 1. The van der Waals surface area contributed by atoms with Gasteiger partial charge in [-0.15, -0.1) is 0 Å². The van der Waals surface area contributed by atoms with Crippen LogP contribution in [0.4, 0.5) is 11.4 Å². The zero-order valence-electron chi connectivity index (χ0n) is 17.5. The molecule has 1 spiro atoms. The number of para-hydroxylation sites is 2. The summed E-state index contributed by atoms with van der Waals surface area (Å²) in [7, 11) is 0. The number of hydrogen-bond donors (Lipinski definition) is 2. The molecule has 3 aliphatic rings. The fourth-order valence-electron chi connectivity index (χ4n) is 6.09. The van der Waals surface area contributed by atoms with E-state index in [2.05, 4.69) is 16.7 Å². The van der Waals surface area contributed by atoms with Gasteiger partial charge in [-0.25, -0.2) is 4.98 Å². The molecule has 2 N–H and O–H groups in total. The van der Waals surface area contributed by atoms with Crippen molar-refractivity contribution in [2.45, 2.75) is 5.54 Å². The number of nitrogens with one attached hydrogen (secondary N) is 2. The Bertz CT molecular complexity index is 1690. The van der Waals surface area contributed by atoms with Crippen molar-refractivity contribution in [1.29, 1.82) is 0 Å². The number of Topliss-reactive ketones (excluding diaryl/α,β-unsaturated/α-hetero) is 1. The largest absolute Gasteiger partial charge is 0.384 e. The molecule has 3 aromatic heterocycles. The highest BCUT2D eigenvalue weighted by Gasteiger charge is 2.57. The van der Waals surface area contributed by atoms with Crippen molar-refractivity contribution < 1.29 is 4.79 Å². The van der Waals surface area contributed by atoms with E-state index in [0.717, 1.165) is 61.3 Å². The monoisotopic (exact) mass is 427 g/mol. The van der Waals surface area contributed by atoms with Crippen molar-refractivity contribution in [3.05, 3.63) is 89.9 Å². The number of fused-ring (bicyclic) bond motifs is 4. The number of carbonyl (C=O) groups excluding carboxylic acids is 1. The minimum atomic E-state index is -0.813. The van der Waals surface area contributed by atoms with Gasteiger partial charge in [-0.2, -0.15) is 0 Å². The number of carbonyl (C=O) groups is 1. The summed E-state index contributed by atoms with van der Waals surface area (Å²) < 4.78 is 0. The fraction of sp³-hybridized carbons (Fsp3) is 0.111. The summed E-state index contributed by atoms with van der Waals surface area (Å²) in [6, 6.07) is 19.9. The minimum absolute atomic E-state index is 0.119. The average molecular weight is 427 g/mol. The highest BCUT2D eigenvalue weighted by Crippen LogP contribution is 2.57. The van der Waals surface area contributed by atoms with Crippen LogP contribution in [0.5, 0.6) is 0 Å². The number of pyridine rings is 3. The molecule has 6 nitrogen and oxygen atoms in total. The Kier molecular flexibility index (Phi) is 2.99. The van der Waals surface area contributed by atoms with Crippen molar-refractivity contribution in [2.24, 2.45) is 5.92 Å². The minimum Gasteiger partial charge on any atom is -0.384 e. The van der Waals surface area contributed by atoms with Gasteiger partial charge in [0.1, 0.15) is 5.54 Å².